The van der Waals surface area contributed by atoms with Gasteiger partial charge in [0.25, 0.3) is 0 Å². The van der Waals surface area contributed by atoms with E-state index < -0.39 is 11.5 Å². The quantitative estimate of drug-likeness (QED) is 0.786. The summed E-state index contributed by atoms with van der Waals surface area (Å²) < 4.78 is 10.4. The molecule has 0 aliphatic carbocycles. The minimum Gasteiger partial charge on any atom is -0.496 e. The van der Waals surface area contributed by atoms with E-state index in [-0.39, 0.29) is 11.9 Å². The molecule has 0 saturated heterocycles. The van der Waals surface area contributed by atoms with Crippen LogP contribution in [0.3, 0.4) is 0 Å². The lowest BCUT2D eigenvalue weighted by Gasteiger charge is -2.34. The molecule has 0 aliphatic rings. The van der Waals surface area contributed by atoms with Crippen LogP contribution in [0.5, 0.6) is 5.75 Å². The van der Waals surface area contributed by atoms with Crippen LogP contribution in [0.15, 0.2) is 24.3 Å². The van der Waals surface area contributed by atoms with Gasteiger partial charge >= 0.3 is 5.97 Å². The Hall–Kier alpha value is -1.55. The van der Waals surface area contributed by atoms with Crippen LogP contribution in [0.4, 0.5) is 0 Å². The van der Waals surface area contributed by atoms with Gasteiger partial charge in [-0.05, 0) is 31.4 Å². The van der Waals surface area contributed by atoms with Crippen LogP contribution in [0.25, 0.3) is 0 Å². The second-order valence-electron chi connectivity index (χ2n) is 5.82. The molecule has 21 heavy (non-hydrogen) atoms. The normalized spacial score (nSPS) is 15.4. The van der Waals surface area contributed by atoms with Crippen molar-refractivity contribution in [1.29, 1.82) is 0 Å². The number of carbonyl (C=O) groups is 1. The van der Waals surface area contributed by atoms with E-state index >= 15 is 0 Å². The van der Waals surface area contributed by atoms with E-state index in [0.29, 0.717) is 18.8 Å². The molecule has 0 fully saturated rings. The highest BCUT2D eigenvalue weighted by Gasteiger charge is 2.41. The van der Waals surface area contributed by atoms with Crippen molar-refractivity contribution in [3.63, 3.8) is 0 Å². The van der Waals surface area contributed by atoms with Gasteiger partial charge in [-0.15, -0.1) is 0 Å². The van der Waals surface area contributed by atoms with E-state index in [2.05, 4.69) is 0 Å². The smallest absolute Gasteiger partial charge is 0.312 e. The maximum absolute atomic E-state index is 12.2. The Labute approximate surface area is 127 Å². The SMILES string of the molecule is CCOC(=O)C(C(C)C)C(C)(O)Cc1ccccc1OC. The number of esters is 1. The average Bonchev–Trinajstić information content (AvgIpc) is 2.38. The number of benzene rings is 1. The Morgan fingerprint density at radius 2 is 1.95 bits per heavy atom. The predicted molar refractivity (Wildman–Crippen MR) is 82.3 cm³/mol. The van der Waals surface area contributed by atoms with Gasteiger partial charge in [0.15, 0.2) is 0 Å². The van der Waals surface area contributed by atoms with E-state index in [0.717, 1.165) is 5.56 Å². The fraction of sp³-hybridized carbons (Fsp3) is 0.588. The average molecular weight is 294 g/mol. The van der Waals surface area contributed by atoms with E-state index in [4.69, 9.17) is 9.47 Å². The molecular weight excluding hydrogens is 268 g/mol. The number of ether oxygens (including phenoxy) is 2. The summed E-state index contributed by atoms with van der Waals surface area (Å²) in [4.78, 5) is 12.2. The molecule has 1 aromatic carbocycles. The predicted octanol–water partition coefficient (Wildman–Crippen LogP) is 2.82. The lowest BCUT2D eigenvalue weighted by Crippen LogP contribution is -2.45. The van der Waals surface area contributed by atoms with E-state index in [9.17, 15) is 9.90 Å². The van der Waals surface area contributed by atoms with Crippen molar-refractivity contribution in [3.05, 3.63) is 29.8 Å². The Morgan fingerprint density at radius 1 is 1.33 bits per heavy atom. The first-order valence-electron chi connectivity index (χ1n) is 7.34. The maximum Gasteiger partial charge on any atom is 0.312 e. The van der Waals surface area contributed by atoms with Crippen LogP contribution in [0.1, 0.15) is 33.3 Å². The van der Waals surface area contributed by atoms with Crippen LogP contribution in [0.2, 0.25) is 0 Å². The molecule has 0 aliphatic heterocycles. The zero-order chi connectivity index (χ0) is 16.0. The molecule has 4 heteroatoms. The number of rotatable bonds is 7. The third-order valence-corrected chi connectivity index (χ3v) is 3.62. The summed E-state index contributed by atoms with van der Waals surface area (Å²) in [5, 5.41) is 10.9. The molecule has 2 atom stereocenters. The molecule has 4 nitrogen and oxygen atoms in total. The van der Waals surface area contributed by atoms with Crippen molar-refractivity contribution in [1.82, 2.24) is 0 Å². The highest BCUT2D eigenvalue weighted by atomic mass is 16.5. The van der Waals surface area contributed by atoms with Gasteiger partial charge in [-0.1, -0.05) is 32.0 Å². The zero-order valence-corrected chi connectivity index (χ0v) is 13.6. The Kier molecular flexibility index (Phi) is 6.21. The number of methoxy groups -OCH3 is 1. The van der Waals surface area contributed by atoms with Crippen molar-refractivity contribution in [2.24, 2.45) is 11.8 Å². The highest BCUT2D eigenvalue weighted by molar-refractivity contribution is 5.74. The number of hydrogen-bond acceptors (Lipinski definition) is 4. The maximum atomic E-state index is 12.2. The van der Waals surface area contributed by atoms with Crippen molar-refractivity contribution < 1.29 is 19.4 Å². The van der Waals surface area contributed by atoms with E-state index in [1.807, 2.05) is 38.1 Å². The molecule has 0 aromatic heterocycles. The van der Waals surface area contributed by atoms with Crippen LogP contribution in [0, 0.1) is 11.8 Å². The monoisotopic (exact) mass is 294 g/mol. The molecule has 0 amide bonds. The van der Waals surface area contributed by atoms with Crippen molar-refractivity contribution >= 4 is 5.97 Å². The number of aliphatic hydroxyl groups is 1. The van der Waals surface area contributed by atoms with Gasteiger partial charge in [0.2, 0.25) is 0 Å². The Morgan fingerprint density at radius 3 is 2.48 bits per heavy atom. The summed E-state index contributed by atoms with van der Waals surface area (Å²) in [6.07, 6.45) is 0.332. The molecule has 118 valence electrons. The van der Waals surface area contributed by atoms with Crippen molar-refractivity contribution in [2.45, 2.75) is 39.7 Å². The second kappa shape index (κ2) is 7.46. The lowest BCUT2D eigenvalue weighted by molar-refractivity contribution is -0.160. The molecule has 0 heterocycles. The van der Waals surface area contributed by atoms with Crippen molar-refractivity contribution in [3.8, 4) is 5.75 Å². The third-order valence-electron chi connectivity index (χ3n) is 3.62. The summed E-state index contributed by atoms with van der Waals surface area (Å²) in [6, 6.07) is 7.51. The zero-order valence-electron chi connectivity index (χ0n) is 13.6. The largest absolute Gasteiger partial charge is 0.496 e. The third kappa shape index (κ3) is 4.46. The summed E-state index contributed by atoms with van der Waals surface area (Å²) in [5.74, 6) is -0.243. The topological polar surface area (TPSA) is 55.8 Å². The molecule has 2 unspecified atom stereocenters. The Balaban J connectivity index is 3.03. The Bertz CT molecular complexity index is 466. The lowest BCUT2D eigenvalue weighted by atomic mass is 9.77. The summed E-state index contributed by atoms with van der Waals surface area (Å²) >= 11 is 0. The molecule has 0 saturated carbocycles. The standard InChI is InChI=1S/C17H26O4/c1-6-21-16(18)15(12(2)3)17(4,19)11-13-9-7-8-10-14(13)20-5/h7-10,12,15,19H,6,11H2,1-5H3. The van der Waals surface area contributed by atoms with Crippen LogP contribution in [-0.2, 0) is 16.0 Å². The number of para-hydroxylation sites is 1. The van der Waals surface area contributed by atoms with Crippen molar-refractivity contribution in [2.75, 3.05) is 13.7 Å². The number of carbonyl (C=O) groups excluding carboxylic acids is 1. The molecule has 0 radical (unpaired) electrons. The summed E-state index contributed by atoms with van der Waals surface area (Å²) in [7, 11) is 1.60. The molecule has 1 N–H and O–H groups in total. The molecule has 0 spiro atoms. The molecule has 1 aromatic rings. The summed E-state index contributed by atoms with van der Waals surface area (Å²) in [5.41, 5.74) is -0.324. The highest BCUT2D eigenvalue weighted by Crippen LogP contribution is 2.32. The first kappa shape index (κ1) is 17.5. The van der Waals surface area contributed by atoms with Gasteiger partial charge < -0.3 is 14.6 Å². The van der Waals surface area contributed by atoms with Gasteiger partial charge in [-0.3, -0.25) is 4.79 Å². The second-order valence-corrected chi connectivity index (χ2v) is 5.82. The fourth-order valence-corrected chi connectivity index (χ4v) is 2.82. The van der Waals surface area contributed by atoms with Crippen LogP contribution < -0.4 is 4.74 Å². The van der Waals surface area contributed by atoms with Gasteiger partial charge in [0, 0.05) is 6.42 Å². The first-order valence-corrected chi connectivity index (χ1v) is 7.34. The van der Waals surface area contributed by atoms with Gasteiger partial charge in [-0.25, -0.2) is 0 Å². The fourth-order valence-electron chi connectivity index (χ4n) is 2.82. The molecule has 1 rings (SSSR count). The summed E-state index contributed by atoms with van der Waals surface area (Å²) in [6.45, 7) is 7.59. The van der Waals surface area contributed by atoms with E-state index in [1.165, 1.54) is 0 Å². The van der Waals surface area contributed by atoms with Gasteiger partial charge in [-0.2, -0.15) is 0 Å². The van der Waals surface area contributed by atoms with E-state index in [1.54, 1.807) is 21.0 Å². The van der Waals surface area contributed by atoms with Gasteiger partial charge in [0.1, 0.15) is 5.75 Å². The minimum atomic E-state index is -1.20. The van der Waals surface area contributed by atoms with Crippen LogP contribution >= 0.6 is 0 Å². The minimum absolute atomic E-state index is 0.0197. The first-order chi connectivity index (χ1) is 9.83. The number of hydrogen-bond donors (Lipinski definition) is 1. The molecule has 0 bridgehead atoms. The van der Waals surface area contributed by atoms with Crippen LogP contribution in [-0.4, -0.2) is 30.4 Å². The molecular formula is C17H26O4. The van der Waals surface area contributed by atoms with Gasteiger partial charge in [0.05, 0.1) is 25.2 Å².